The molecule has 0 bridgehead atoms. The van der Waals surface area contributed by atoms with Crippen LogP contribution in [0.25, 0.3) is 0 Å². The molecule has 0 fully saturated rings. The molecule has 0 heterocycles. The topological polar surface area (TPSA) is 102 Å². The number of rotatable bonds is 8. The Morgan fingerprint density at radius 2 is 1.79 bits per heavy atom. The van der Waals surface area contributed by atoms with Gasteiger partial charge in [-0.2, -0.15) is 0 Å². The van der Waals surface area contributed by atoms with Crippen LogP contribution in [0.3, 0.4) is 0 Å². The standard InChI is InChI=1S/C13H18N2O4/c14-12(17)10-2-4-11(5-3-10)13(18)15-6-1-8-19-9-7-16/h2-5,16H,1,6-9H2,(H2,14,17)(H,15,18). The Kier molecular flexibility index (Phi) is 6.56. The van der Waals surface area contributed by atoms with Crippen molar-refractivity contribution >= 4 is 11.8 Å². The van der Waals surface area contributed by atoms with Gasteiger partial charge in [-0.1, -0.05) is 0 Å². The molecule has 4 N–H and O–H groups in total. The first-order chi connectivity index (χ1) is 9.15. The van der Waals surface area contributed by atoms with Gasteiger partial charge in [0.05, 0.1) is 13.2 Å². The van der Waals surface area contributed by atoms with E-state index in [9.17, 15) is 9.59 Å². The Hall–Kier alpha value is -1.92. The largest absolute Gasteiger partial charge is 0.394 e. The van der Waals surface area contributed by atoms with Gasteiger partial charge in [-0.05, 0) is 30.7 Å². The molecule has 19 heavy (non-hydrogen) atoms. The second-order valence-electron chi connectivity index (χ2n) is 3.89. The predicted octanol–water partition coefficient (Wildman–Crippen LogP) is -0.0857. The van der Waals surface area contributed by atoms with Gasteiger partial charge in [-0.3, -0.25) is 9.59 Å². The maximum atomic E-state index is 11.7. The van der Waals surface area contributed by atoms with Crippen molar-refractivity contribution in [1.29, 1.82) is 0 Å². The van der Waals surface area contributed by atoms with Crippen molar-refractivity contribution in [3.63, 3.8) is 0 Å². The lowest BCUT2D eigenvalue weighted by Gasteiger charge is -2.06. The molecule has 2 amide bonds. The van der Waals surface area contributed by atoms with Crippen molar-refractivity contribution in [3.05, 3.63) is 35.4 Å². The first-order valence-corrected chi connectivity index (χ1v) is 6.02. The van der Waals surface area contributed by atoms with E-state index in [0.29, 0.717) is 37.3 Å². The molecule has 0 radical (unpaired) electrons. The summed E-state index contributed by atoms with van der Waals surface area (Å²) in [7, 11) is 0. The lowest BCUT2D eigenvalue weighted by atomic mass is 10.1. The van der Waals surface area contributed by atoms with Crippen molar-refractivity contribution in [2.24, 2.45) is 5.73 Å². The van der Waals surface area contributed by atoms with Crippen LogP contribution in [0.5, 0.6) is 0 Å². The van der Waals surface area contributed by atoms with Crippen molar-refractivity contribution in [2.75, 3.05) is 26.4 Å². The van der Waals surface area contributed by atoms with Gasteiger partial charge in [0, 0.05) is 24.3 Å². The lowest BCUT2D eigenvalue weighted by molar-refractivity contribution is 0.0867. The minimum Gasteiger partial charge on any atom is -0.394 e. The molecule has 0 atom stereocenters. The van der Waals surface area contributed by atoms with Crippen LogP contribution in [0.2, 0.25) is 0 Å². The van der Waals surface area contributed by atoms with Crippen LogP contribution >= 0.6 is 0 Å². The smallest absolute Gasteiger partial charge is 0.251 e. The number of hydrogen-bond acceptors (Lipinski definition) is 4. The normalized spacial score (nSPS) is 10.2. The highest BCUT2D eigenvalue weighted by molar-refractivity contribution is 5.97. The zero-order chi connectivity index (χ0) is 14.1. The first-order valence-electron chi connectivity index (χ1n) is 6.02. The highest BCUT2D eigenvalue weighted by Gasteiger charge is 2.06. The zero-order valence-electron chi connectivity index (χ0n) is 10.6. The molecule has 1 aromatic rings. The number of primary amides is 1. The molecular weight excluding hydrogens is 248 g/mol. The van der Waals surface area contributed by atoms with Gasteiger partial charge in [0.25, 0.3) is 5.91 Å². The molecule has 1 rings (SSSR count). The predicted molar refractivity (Wildman–Crippen MR) is 69.8 cm³/mol. The Balaban J connectivity index is 2.31. The quantitative estimate of drug-likeness (QED) is 0.572. The van der Waals surface area contributed by atoms with Gasteiger partial charge in [0.15, 0.2) is 0 Å². The van der Waals surface area contributed by atoms with E-state index < -0.39 is 5.91 Å². The molecule has 1 aromatic carbocycles. The summed E-state index contributed by atoms with van der Waals surface area (Å²) in [6, 6.07) is 6.14. The molecule has 104 valence electrons. The van der Waals surface area contributed by atoms with E-state index in [1.54, 1.807) is 12.1 Å². The van der Waals surface area contributed by atoms with Gasteiger partial charge < -0.3 is 20.9 Å². The molecule has 0 spiro atoms. The Labute approximate surface area is 111 Å². The number of aliphatic hydroxyl groups is 1. The number of carbonyl (C=O) groups excluding carboxylic acids is 2. The number of aliphatic hydroxyl groups excluding tert-OH is 1. The molecule has 0 saturated heterocycles. The van der Waals surface area contributed by atoms with Gasteiger partial charge in [0.1, 0.15) is 0 Å². The number of nitrogens with two attached hydrogens (primary N) is 1. The minimum atomic E-state index is -0.520. The van der Waals surface area contributed by atoms with E-state index in [-0.39, 0.29) is 12.5 Å². The van der Waals surface area contributed by atoms with Crippen LogP contribution in [0, 0.1) is 0 Å². The molecule has 0 aliphatic heterocycles. The van der Waals surface area contributed by atoms with E-state index in [4.69, 9.17) is 15.6 Å². The Morgan fingerprint density at radius 1 is 1.16 bits per heavy atom. The van der Waals surface area contributed by atoms with Crippen molar-refractivity contribution in [2.45, 2.75) is 6.42 Å². The van der Waals surface area contributed by atoms with Gasteiger partial charge >= 0.3 is 0 Å². The molecular formula is C13H18N2O4. The molecule has 0 aliphatic rings. The fourth-order valence-corrected chi connectivity index (χ4v) is 1.43. The summed E-state index contributed by atoms with van der Waals surface area (Å²) in [5.74, 6) is -0.730. The SMILES string of the molecule is NC(=O)c1ccc(C(=O)NCCCOCCO)cc1. The maximum Gasteiger partial charge on any atom is 0.251 e. The summed E-state index contributed by atoms with van der Waals surface area (Å²) in [5, 5.41) is 11.2. The summed E-state index contributed by atoms with van der Waals surface area (Å²) < 4.78 is 5.06. The summed E-state index contributed by atoms with van der Waals surface area (Å²) >= 11 is 0. The van der Waals surface area contributed by atoms with E-state index in [0.717, 1.165) is 0 Å². The second-order valence-corrected chi connectivity index (χ2v) is 3.89. The summed E-state index contributed by atoms with van der Waals surface area (Å²) in [6.45, 7) is 1.28. The number of carbonyl (C=O) groups is 2. The Bertz CT molecular complexity index is 417. The van der Waals surface area contributed by atoms with Crippen LogP contribution in [0.1, 0.15) is 27.1 Å². The van der Waals surface area contributed by atoms with E-state index in [1.807, 2.05) is 0 Å². The molecule has 0 aliphatic carbocycles. The van der Waals surface area contributed by atoms with Crippen LogP contribution in [-0.4, -0.2) is 43.3 Å². The average Bonchev–Trinajstić information content (AvgIpc) is 2.42. The van der Waals surface area contributed by atoms with Crippen molar-refractivity contribution in [1.82, 2.24) is 5.32 Å². The third kappa shape index (κ3) is 5.50. The fourth-order valence-electron chi connectivity index (χ4n) is 1.43. The van der Waals surface area contributed by atoms with Crippen molar-refractivity contribution in [3.8, 4) is 0 Å². The zero-order valence-corrected chi connectivity index (χ0v) is 10.6. The third-order valence-electron chi connectivity index (χ3n) is 2.42. The van der Waals surface area contributed by atoms with Gasteiger partial charge in [0.2, 0.25) is 5.91 Å². The molecule has 0 unspecified atom stereocenters. The third-order valence-corrected chi connectivity index (χ3v) is 2.42. The average molecular weight is 266 g/mol. The second kappa shape index (κ2) is 8.23. The summed E-state index contributed by atoms with van der Waals surface area (Å²) in [4.78, 5) is 22.6. The summed E-state index contributed by atoms with van der Waals surface area (Å²) in [6.07, 6.45) is 0.672. The number of nitrogens with one attached hydrogen (secondary N) is 1. The van der Waals surface area contributed by atoms with Crippen LogP contribution in [0.15, 0.2) is 24.3 Å². The fraction of sp³-hybridized carbons (Fsp3) is 0.385. The van der Waals surface area contributed by atoms with Crippen molar-refractivity contribution < 1.29 is 19.4 Å². The van der Waals surface area contributed by atoms with Gasteiger partial charge in [-0.25, -0.2) is 0 Å². The first kappa shape index (κ1) is 15.1. The van der Waals surface area contributed by atoms with Gasteiger partial charge in [-0.15, -0.1) is 0 Å². The van der Waals surface area contributed by atoms with Crippen LogP contribution < -0.4 is 11.1 Å². The van der Waals surface area contributed by atoms with E-state index in [1.165, 1.54) is 12.1 Å². The number of hydrogen-bond donors (Lipinski definition) is 3. The monoisotopic (exact) mass is 266 g/mol. The van der Waals surface area contributed by atoms with E-state index in [2.05, 4.69) is 5.32 Å². The van der Waals surface area contributed by atoms with E-state index >= 15 is 0 Å². The Morgan fingerprint density at radius 3 is 2.37 bits per heavy atom. The molecule has 6 nitrogen and oxygen atoms in total. The molecule has 0 saturated carbocycles. The molecule has 6 heteroatoms. The lowest BCUT2D eigenvalue weighted by Crippen LogP contribution is -2.25. The number of amides is 2. The van der Waals surface area contributed by atoms with Crippen LogP contribution in [0.4, 0.5) is 0 Å². The highest BCUT2D eigenvalue weighted by atomic mass is 16.5. The minimum absolute atomic E-state index is 0.00142. The summed E-state index contributed by atoms with van der Waals surface area (Å²) in [5.41, 5.74) is 5.95. The number of ether oxygens (including phenoxy) is 1. The van der Waals surface area contributed by atoms with Crippen LogP contribution in [-0.2, 0) is 4.74 Å². The number of benzene rings is 1. The highest BCUT2D eigenvalue weighted by Crippen LogP contribution is 2.03. The maximum absolute atomic E-state index is 11.7. The molecule has 0 aromatic heterocycles.